The molecule has 0 unspecified atom stereocenters. The van der Waals surface area contributed by atoms with Crippen molar-refractivity contribution in [3.8, 4) is 0 Å². The Morgan fingerprint density at radius 2 is 1.73 bits per heavy atom. The lowest BCUT2D eigenvalue weighted by Crippen LogP contribution is -2.27. The molecule has 0 aliphatic carbocycles. The Hall–Kier alpha value is -0.890. The zero-order valence-electron chi connectivity index (χ0n) is 9.36. The van der Waals surface area contributed by atoms with Gasteiger partial charge in [0.2, 0.25) is 0 Å². The minimum Gasteiger partial charge on any atom is -0.298 e. The minimum absolute atomic E-state index is 1.03. The quantitative estimate of drug-likeness (QED) is 0.736. The van der Waals surface area contributed by atoms with Gasteiger partial charge in [0, 0.05) is 12.7 Å². The first-order chi connectivity index (χ1) is 7.45. The van der Waals surface area contributed by atoms with Gasteiger partial charge in [-0.25, -0.2) is 0 Å². The van der Waals surface area contributed by atoms with Gasteiger partial charge in [-0.15, -0.1) is 0 Å². The van der Waals surface area contributed by atoms with E-state index < -0.39 is 0 Å². The fourth-order valence-electron chi connectivity index (χ4n) is 2.19. The molecule has 1 fully saturated rings. The van der Waals surface area contributed by atoms with Gasteiger partial charge in [0.05, 0.1) is 5.69 Å². The van der Waals surface area contributed by atoms with Crippen molar-refractivity contribution in [3.05, 3.63) is 30.1 Å². The Balaban J connectivity index is 1.86. The molecule has 2 heteroatoms. The van der Waals surface area contributed by atoms with Gasteiger partial charge in [-0.2, -0.15) is 0 Å². The van der Waals surface area contributed by atoms with Crippen molar-refractivity contribution in [3.63, 3.8) is 0 Å². The summed E-state index contributed by atoms with van der Waals surface area (Å²) in [6.07, 6.45) is 8.83. The predicted octanol–water partition coefficient (Wildman–Crippen LogP) is 2.85. The lowest BCUT2D eigenvalue weighted by atomic mass is 10.1. The van der Waals surface area contributed by atoms with Gasteiger partial charge in [-0.3, -0.25) is 9.88 Å². The molecule has 1 aromatic rings. The molecular weight excluding hydrogens is 184 g/mol. The Bertz CT molecular complexity index is 263. The summed E-state index contributed by atoms with van der Waals surface area (Å²) >= 11 is 0. The molecule has 0 N–H and O–H groups in total. The van der Waals surface area contributed by atoms with Crippen LogP contribution in [0.1, 0.15) is 37.8 Å². The first-order valence-corrected chi connectivity index (χ1v) is 6.07. The van der Waals surface area contributed by atoms with Gasteiger partial charge in [-0.1, -0.05) is 25.3 Å². The summed E-state index contributed by atoms with van der Waals surface area (Å²) < 4.78 is 0. The second kappa shape index (κ2) is 5.86. The van der Waals surface area contributed by atoms with Crippen molar-refractivity contribution in [2.45, 2.75) is 38.6 Å². The minimum atomic E-state index is 1.03. The van der Waals surface area contributed by atoms with Crippen molar-refractivity contribution >= 4 is 0 Å². The summed E-state index contributed by atoms with van der Waals surface area (Å²) in [6.45, 7) is 3.52. The topological polar surface area (TPSA) is 16.1 Å². The highest BCUT2D eigenvalue weighted by atomic mass is 15.1. The normalized spacial score (nSPS) is 19.5. The molecule has 15 heavy (non-hydrogen) atoms. The number of hydrogen-bond acceptors (Lipinski definition) is 2. The van der Waals surface area contributed by atoms with Crippen molar-refractivity contribution in [2.75, 3.05) is 13.1 Å². The van der Waals surface area contributed by atoms with E-state index in [1.807, 2.05) is 12.3 Å². The Labute approximate surface area is 92.3 Å². The summed E-state index contributed by atoms with van der Waals surface area (Å²) in [4.78, 5) is 6.93. The fraction of sp³-hybridized carbons (Fsp3) is 0.615. The molecule has 2 heterocycles. The molecule has 2 nitrogen and oxygen atoms in total. The molecule has 0 amide bonds. The van der Waals surface area contributed by atoms with Crippen LogP contribution in [-0.4, -0.2) is 23.0 Å². The smallest absolute Gasteiger partial charge is 0.0543 e. The summed E-state index contributed by atoms with van der Waals surface area (Å²) in [7, 11) is 0. The molecular formula is C13H20N2. The number of nitrogens with zero attached hydrogens (tertiary/aromatic N) is 2. The van der Waals surface area contributed by atoms with Crippen LogP contribution in [0.25, 0.3) is 0 Å². The summed E-state index contributed by atoms with van der Waals surface area (Å²) in [5.41, 5.74) is 1.21. The van der Waals surface area contributed by atoms with E-state index >= 15 is 0 Å². The fourth-order valence-corrected chi connectivity index (χ4v) is 2.19. The molecule has 1 aliphatic rings. The Kier molecular flexibility index (Phi) is 4.15. The van der Waals surface area contributed by atoms with E-state index in [0.717, 1.165) is 6.54 Å². The van der Waals surface area contributed by atoms with E-state index in [2.05, 4.69) is 22.0 Å². The van der Waals surface area contributed by atoms with Crippen molar-refractivity contribution < 1.29 is 0 Å². The predicted molar refractivity (Wildman–Crippen MR) is 62.6 cm³/mol. The van der Waals surface area contributed by atoms with Crippen LogP contribution in [0.3, 0.4) is 0 Å². The Morgan fingerprint density at radius 1 is 1.00 bits per heavy atom. The highest BCUT2D eigenvalue weighted by Gasteiger charge is 2.08. The monoisotopic (exact) mass is 204 g/mol. The molecule has 0 radical (unpaired) electrons. The van der Waals surface area contributed by atoms with E-state index in [1.54, 1.807) is 0 Å². The number of rotatable bonds is 2. The maximum Gasteiger partial charge on any atom is 0.0543 e. The molecule has 0 saturated carbocycles. The van der Waals surface area contributed by atoms with Crippen LogP contribution in [0.2, 0.25) is 0 Å². The highest BCUT2D eigenvalue weighted by Crippen LogP contribution is 2.12. The number of hydrogen-bond donors (Lipinski definition) is 0. The lowest BCUT2D eigenvalue weighted by Gasteiger charge is -2.23. The van der Waals surface area contributed by atoms with Crippen LogP contribution in [-0.2, 0) is 6.54 Å². The largest absolute Gasteiger partial charge is 0.298 e. The van der Waals surface area contributed by atoms with Gasteiger partial charge < -0.3 is 0 Å². The first-order valence-electron chi connectivity index (χ1n) is 6.07. The average molecular weight is 204 g/mol. The van der Waals surface area contributed by atoms with Crippen molar-refractivity contribution in [1.29, 1.82) is 0 Å². The van der Waals surface area contributed by atoms with Gasteiger partial charge in [0.1, 0.15) is 0 Å². The average Bonchev–Trinajstić information content (AvgIpc) is 2.23. The van der Waals surface area contributed by atoms with Gasteiger partial charge in [0.15, 0.2) is 0 Å². The zero-order chi connectivity index (χ0) is 10.3. The molecule has 1 saturated heterocycles. The molecule has 1 aromatic heterocycles. The number of likely N-dealkylation sites (tertiary alicyclic amines) is 1. The van der Waals surface area contributed by atoms with Crippen LogP contribution < -0.4 is 0 Å². The van der Waals surface area contributed by atoms with E-state index in [0.29, 0.717) is 0 Å². The van der Waals surface area contributed by atoms with E-state index in [9.17, 15) is 0 Å². The second-order valence-corrected chi connectivity index (χ2v) is 4.36. The molecule has 2 rings (SSSR count). The third-order valence-electron chi connectivity index (χ3n) is 3.06. The standard InChI is InChI=1S/C13H20N2/c1-2-6-10-15(11-7-3-1)12-13-8-4-5-9-14-13/h4-5,8-9H,1-3,6-7,10-12H2. The summed E-state index contributed by atoms with van der Waals surface area (Å²) in [5, 5.41) is 0. The molecule has 0 aromatic carbocycles. The molecule has 0 bridgehead atoms. The summed E-state index contributed by atoms with van der Waals surface area (Å²) in [6, 6.07) is 6.18. The number of aromatic nitrogens is 1. The van der Waals surface area contributed by atoms with E-state index in [4.69, 9.17) is 0 Å². The van der Waals surface area contributed by atoms with Crippen molar-refractivity contribution in [1.82, 2.24) is 9.88 Å². The molecule has 1 aliphatic heterocycles. The van der Waals surface area contributed by atoms with Crippen LogP contribution in [0.4, 0.5) is 0 Å². The summed E-state index contributed by atoms with van der Waals surface area (Å²) in [5.74, 6) is 0. The van der Waals surface area contributed by atoms with Gasteiger partial charge in [-0.05, 0) is 38.1 Å². The second-order valence-electron chi connectivity index (χ2n) is 4.36. The number of pyridine rings is 1. The molecule has 82 valence electrons. The van der Waals surface area contributed by atoms with Crippen molar-refractivity contribution in [2.24, 2.45) is 0 Å². The first kappa shape index (κ1) is 10.6. The van der Waals surface area contributed by atoms with E-state index in [-0.39, 0.29) is 0 Å². The Morgan fingerprint density at radius 3 is 2.40 bits per heavy atom. The highest BCUT2D eigenvalue weighted by molar-refractivity contribution is 5.03. The maximum atomic E-state index is 4.39. The van der Waals surface area contributed by atoms with Crippen LogP contribution >= 0.6 is 0 Å². The maximum absolute atomic E-state index is 4.39. The third kappa shape index (κ3) is 3.63. The zero-order valence-corrected chi connectivity index (χ0v) is 9.36. The third-order valence-corrected chi connectivity index (χ3v) is 3.06. The SMILES string of the molecule is c1ccc(CN2CCCCCCC2)nc1. The van der Waals surface area contributed by atoms with Gasteiger partial charge >= 0.3 is 0 Å². The molecule has 0 atom stereocenters. The van der Waals surface area contributed by atoms with Crippen LogP contribution in [0, 0.1) is 0 Å². The lowest BCUT2D eigenvalue weighted by molar-refractivity contribution is 0.237. The molecule has 0 spiro atoms. The van der Waals surface area contributed by atoms with Crippen LogP contribution in [0.5, 0.6) is 0 Å². The van der Waals surface area contributed by atoms with Gasteiger partial charge in [0.25, 0.3) is 0 Å². The van der Waals surface area contributed by atoms with Crippen LogP contribution in [0.15, 0.2) is 24.4 Å². The van der Waals surface area contributed by atoms with E-state index in [1.165, 1.54) is 50.9 Å².